The van der Waals surface area contributed by atoms with Gasteiger partial charge >= 0.3 is 0 Å². The topological polar surface area (TPSA) is 41.1 Å². The van der Waals surface area contributed by atoms with Gasteiger partial charge in [-0.25, -0.2) is 0 Å². The van der Waals surface area contributed by atoms with Crippen LogP contribution in [0.2, 0.25) is 0 Å². The van der Waals surface area contributed by atoms with E-state index >= 15 is 0 Å². The molecule has 1 unspecified atom stereocenters. The number of carbonyl (C=O) groups is 1. The lowest BCUT2D eigenvalue weighted by Gasteiger charge is -2.17. The summed E-state index contributed by atoms with van der Waals surface area (Å²) in [5, 5.41) is 6.02. The third-order valence-electron chi connectivity index (χ3n) is 2.75. The lowest BCUT2D eigenvalue weighted by molar-refractivity contribution is -0.123. The molecule has 0 aliphatic carbocycles. The Morgan fingerprint density at radius 1 is 1.28 bits per heavy atom. The molecule has 0 heterocycles. The van der Waals surface area contributed by atoms with Gasteiger partial charge in [-0.2, -0.15) is 0 Å². The Balaban J connectivity index is 2.46. The largest absolute Gasteiger partial charge is 0.351 e. The Kier molecular flexibility index (Phi) is 6.36. The van der Waals surface area contributed by atoms with Gasteiger partial charge in [0, 0.05) is 11.0 Å². The quantitative estimate of drug-likeness (QED) is 0.848. The number of hydrogen-bond acceptors (Lipinski definition) is 2. The van der Waals surface area contributed by atoms with Crippen LogP contribution in [0.4, 0.5) is 0 Å². The summed E-state index contributed by atoms with van der Waals surface area (Å²) in [6, 6.07) is 7.85. The molecule has 4 heteroatoms. The average Bonchev–Trinajstić information content (AvgIpc) is 2.34. The summed E-state index contributed by atoms with van der Waals surface area (Å²) in [6.45, 7) is 4.81. The van der Waals surface area contributed by atoms with Gasteiger partial charge in [-0.05, 0) is 37.1 Å². The molecule has 0 fully saturated rings. The van der Waals surface area contributed by atoms with E-state index in [1.165, 1.54) is 0 Å². The maximum Gasteiger partial charge on any atom is 0.237 e. The van der Waals surface area contributed by atoms with Gasteiger partial charge in [0.15, 0.2) is 0 Å². The molecule has 18 heavy (non-hydrogen) atoms. The summed E-state index contributed by atoms with van der Waals surface area (Å²) < 4.78 is 1.05. The molecular formula is C14H21BrN2O. The zero-order valence-corrected chi connectivity index (χ0v) is 12.8. The highest BCUT2D eigenvalue weighted by Crippen LogP contribution is 2.10. The highest BCUT2D eigenvalue weighted by molar-refractivity contribution is 9.10. The minimum Gasteiger partial charge on any atom is -0.351 e. The summed E-state index contributed by atoms with van der Waals surface area (Å²) >= 11 is 3.39. The molecule has 1 atom stereocenters. The lowest BCUT2D eigenvalue weighted by Crippen LogP contribution is -2.43. The minimum absolute atomic E-state index is 0.0640. The maximum atomic E-state index is 12.0. The molecule has 1 rings (SSSR count). The Morgan fingerprint density at radius 3 is 2.39 bits per heavy atom. The van der Waals surface area contributed by atoms with Crippen molar-refractivity contribution >= 4 is 21.8 Å². The van der Waals surface area contributed by atoms with Gasteiger partial charge in [0.2, 0.25) is 5.91 Å². The van der Waals surface area contributed by atoms with Crippen molar-refractivity contribution < 1.29 is 4.79 Å². The van der Waals surface area contributed by atoms with Crippen molar-refractivity contribution in [1.29, 1.82) is 0 Å². The van der Waals surface area contributed by atoms with Gasteiger partial charge < -0.3 is 10.6 Å². The number of hydrogen-bond donors (Lipinski definition) is 2. The monoisotopic (exact) mass is 312 g/mol. The number of likely N-dealkylation sites (N-methyl/N-ethyl adjacent to an activating group) is 1. The van der Waals surface area contributed by atoms with E-state index < -0.39 is 0 Å². The van der Waals surface area contributed by atoms with E-state index in [0.717, 1.165) is 16.5 Å². The summed E-state index contributed by atoms with van der Waals surface area (Å²) in [4.78, 5) is 12.0. The standard InChI is InChI=1S/C14H21BrN2O/c1-10(2)8-13(16-3)14(18)17-9-11-4-6-12(15)7-5-11/h4-7,10,13,16H,8-9H2,1-3H3,(H,17,18). The zero-order chi connectivity index (χ0) is 13.5. The summed E-state index contributed by atoms with van der Waals surface area (Å²) in [5.41, 5.74) is 1.10. The van der Waals surface area contributed by atoms with Crippen molar-refractivity contribution in [2.75, 3.05) is 7.05 Å². The number of benzene rings is 1. The molecule has 100 valence electrons. The molecule has 0 saturated heterocycles. The normalized spacial score (nSPS) is 12.5. The van der Waals surface area contributed by atoms with E-state index in [-0.39, 0.29) is 11.9 Å². The molecule has 0 aromatic heterocycles. The Labute approximate surface area is 117 Å². The highest BCUT2D eigenvalue weighted by Gasteiger charge is 2.16. The fraction of sp³-hybridized carbons (Fsp3) is 0.500. The van der Waals surface area contributed by atoms with Gasteiger partial charge in [-0.1, -0.05) is 41.9 Å². The SMILES string of the molecule is CNC(CC(C)C)C(=O)NCc1ccc(Br)cc1. The van der Waals surface area contributed by atoms with Crippen LogP contribution in [-0.4, -0.2) is 19.0 Å². The molecule has 0 spiro atoms. The molecule has 0 radical (unpaired) electrons. The van der Waals surface area contributed by atoms with Crippen LogP contribution in [0, 0.1) is 5.92 Å². The Bertz CT molecular complexity index is 376. The first-order valence-corrected chi connectivity index (χ1v) is 7.01. The maximum absolute atomic E-state index is 12.0. The van der Waals surface area contributed by atoms with Crippen LogP contribution in [-0.2, 0) is 11.3 Å². The number of amides is 1. The third-order valence-corrected chi connectivity index (χ3v) is 3.28. The second kappa shape index (κ2) is 7.54. The van der Waals surface area contributed by atoms with E-state index in [1.54, 1.807) is 0 Å². The number of rotatable bonds is 6. The first-order chi connectivity index (χ1) is 8.52. The number of carbonyl (C=O) groups excluding carboxylic acids is 1. The number of nitrogens with one attached hydrogen (secondary N) is 2. The molecule has 0 aliphatic heterocycles. The van der Waals surface area contributed by atoms with Crippen molar-refractivity contribution in [2.45, 2.75) is 32.9 Å². The fourth-order valence-corrected chi connectivity index (χ4v) is 2.01. The lowest BCUT2D eigenvalue weighted by atomic mass is 10.0. The van der Waals surface area contributed by atoms with Crippen LogP contribution in [0.25, 0.3) is 0 Å². The molecule has 1 aromatic rings. The first-order valence-electron chi connectivity index (χ1n) is 6.22. The molecule has 1 amide bonds. The molecule has 2 N–H and O–H groups in total. The van der Waals surface area contributed by atoms with E-state index in [9.17, 15) is 4.79 Å². The van der Waals surface area contributed by atoms with E-state index in [1.807, 2.05) is 31.3 Å². The van der Waals surface area contributed by atoms with Crippen LogP contribution < -0.4 is 10.6 Å². The van der Waals surface area contributed by atoms with Crippen molar-refractivity contribution in [3.8, 4) is 0 Å². The molecule has 0 aliphatic rings. The molecular weight excluding hydrogens is 292 g/mol. The third kappa shape index (κ3) is 5.19. The predicted octanol–water partition coefficient (Wildman–Crippen LogP) is 2.70. The molecule has 1 aromatic carbocycles. The predicted molar refractivity (Wildman–Crippen MR) is 78.3 cm³/mol. The van der Waals surface area contributed by atoms with Crippen molar-refractivity contribution in [3.05, 3.63) is 34.3 Å². The second-order valence-corrected chi connectivity index (χ2v) is 5.73. The summed E-state index contributed by atoms with van der Waals surface area (Å²) in [7, 11) is 1.83. The zero-order valence-electron chi connectivity index (χ0n) is 11.2. The summed E-state index contributed by atoms with van der Waals surface area (Å²) in [5.74, 6) is 0.565. The highest BCUT2D eigenvalue weighted by atomic mass is 79.9. The van der Waals surface area contributed by atoms with Crippen molar-refractivity contribution in [1.82, 2.24) is 10.6 Å². The van der Waals surface area contributed by atoms with Gasteiger partial charge in [0.1, 0.15) is 0 Å². The Hall–Kier alpha value is -0.870. The van der Waals surface area contributed by atoms with E-state index in [4.69, 9.17) is 0 Å². The van der Waals surface area contributed by atoms with Crippen LogP contribution in [0.1, 0.15) is 25.8 Å². The van der Waals surface area contributed by atoms with Gasteiger partial charge in [-0.3, -0.25) is 4.79 Å². The molecule has 3 nitrogen and oxygen atoms in total. The first kappa shape index (κ1) is 15.2. The van der Waals surface area contributed by atoms with Crippen LogP contribution in [0.3, 0.4) is 0 Å². The summed E-state index contributed by atoms with van der Waals surface area (Å²) in [6.07, 6.45) is 0.850. The van der Waals surface area contributed by atoms with E-state index in [2.05, 4.69) is 40.4 Å². The van der Waals surface area contributed by atoms with Crippen LogP contribution in [0.15, 0.2) is 28.7 Å². The van der Waals surface area contributed by atoms with Crippen molar-refractivity contribution in [2.24, 2.45) is 5.92 Å². The number of halogens is 1. The van der Waals surface area contributed by atoms with Gasteiger partial charge in [-0.15, -0.1) is 0 Å². The smallest absolute Gasteiger partial charge is 0.237 e. The average molecular weight is 313 g/mol. The molecule has 0 bridgehead atoms. The molecule has 0 saturated carbocycles. The van der Waals surface area contributed by atoms with Crippen molar-refractivity contribution in [3.63, 3.8) is 0 Å². The minimum atomic E-state index is -0.111. The van der Waals surface area contributed by atoms with Gasteiger partial charge in [0.05, 0.1) is 6.04 Å². The fourth-order valence-electron chi connectivity index (χ4n) is 1.74. The second-order valence-electron chi connectivity index (χ2n) is 4.82. The Morgan fingerprint density at radius 2 is 1.89 bits per heavy atom. The van der Waals surface area contributed by atoms with E-state index in [0.29, 0.717) is 12.5 Å². The van der Waals surface area contributed by atoms with Crippen LogP contribution >= 0.6 is 15.9 Å². The van der Waals surface area contributed by atoms with Crippen LogP contribution in [0.5, 0.6) is 0 Å². The van der Waals surface area contributed by atoms with Gasteiger partial charge in [0.25, 0.3) is 0 Å².